The van der Waals surface area contributed by atoms with Gasteiger partial charge in [0.2, 0.25) is 0 Å². The van der Waals surface area contributed by atoms with Crippen LogP contribution in [0.5, 0.6) is 0 Å². The van der Waals surface area contributed by atoms with E-state index in [0.717, 1.165) is 12.1 Å². The molecule has 0 aliphatic rings. The normalized spacial score (nSPS) is 13.2. The Bertz CT molecular complexity index is 989. The molecular formula is C19H16F3NO2. The standard InChI is InChI=1S/C19H16F3NO2/c1-10-16(24)15-9-13(19(20,21)22)8-14(11(2)23)18(15)25-17(10)12-6-4-3-5-7-12/h3-9,11H,23H2,1-2H3. The molecule has 25 heavy (non-hydrogen) atoms. The van der Waals surface area contributed by atoms with Crippen LogP contribution in [-0.2, 0) is 6.18 Å². The topological polar surface area (TPSA) is 56.2 Å². The first kappa shape index (κ1) is 17.2. The van der Waals surface area contributed by atoms with Crippen molar-refractivity contribution in [2.45, 2.75) is 26.1 Å². The minimum absolute atomic E-state index is 0.0949. The number of rotatable bonds is 2. The summed E-state index contributed by atoms with van der Waals surface area (Å²) in [5.41, 5.74) is 5.62. The van der Waals surface area contributed by atoms with Crippen LogP contribution in [0.25, 0.3) is 22.3 Å². The minimum Gasteiger partial charge on any atom is -0.455 e. The maximum absolute atomic E-state index is 13.2. The summed E-state index contributed by atoms with van der Waals surface area (Å²) in [6.07, 6.45) is -4.57. The van der Waals surface area contributed by atoms with Gasteiger partial charge in [0.1, 0.15) is 11.3 Å². The van der Waals surface area contributed by atoms with Crippen LogP contribution in [0, 0.1) is 6.92 Å². The zero-order chi connectivity index (χ0) is 18.4. The van der Waals surface area contributed by atoms with E-state index >= 15 is 0 Å². The maximum Gasteiger partial charge on any atom is 0.416 e. The van der Waals surface area contributed by atoms with Crippen LogP contribution in [0.4, 0.5) is 13.2 Å². The van der Waals surface area contributed by atoms with Gasteiger partial charge in [0.05, 0.1) is 10.9 Å². The number of hydrogen-bond donors (Lipinski definition) is 1. The summed E-state index contributed by atoms with van der Waals surface area (Å²) in [7, 11) is 0. The zero-order valence-electron chi connectivity index (χ0n) is 13.6. The third kappa shape index (κ3) is 3.05. The second-order valence-electron chi connectivity index (χ2n) is 5.98. The quantitative estimate of drug-likeness (QED) is 0.724. The van der Waals surface area contributed by atoms with Crippen molar-refractivity contribution >= 4 is 11.0 Å². The highest BCUT2D eigenvalue weighted by atomic mass is 19.4. The Labute approximate surface area is 141 Å². The molecule has 3 aromatic rings. The first-order chi connectivity index (χ1) is 11.7. The summed E-state index contributed by atoms with van der Waals surface area (Å²) in [4.78, 5) is 12.7. The van der Waals surface area contributed by atoms with Crippen molar-refractivity contribution in [1.82, 2.24) is 0 Å². The molecule has 1 aromatic heterocycles. The van der Waals surface area contributed by atoms with Crippen LogP contribution in [0.15, 0.2) is 51.7 Å². The third-order valence-electron chi connectivity index (χ3n) is 4.10. The van der Waals surface area contributed by atoms with Gasteiger partial charge < -0.3 is 10.2 Å². The number of hydrogen-bond acceptors (Lipinski definition) is 3. The van der Waals surface area contributed by atoms with Crippen molar-refractivity contribution in [3.05, 3.63) is 69.4 Å². The summed E-state index contributed by atoms with van der Waals surface area (Å²) in [6, 6.07) is 9.99. The number of nitrogens with two attached hydrogens (primary N) is 1. The molecule has 6 heteroatoms. The maximum atomic E-state index is 13.2. The predicted octanol–water partition coefficient (Wildman–Crippen LogP) is 4.81. The van der Waals surface area contributed by atoms with Crippen molar-refractivity contribution in [3.8, 4) is 11.3 Å². The van der Waals surface area contributed by atoms with Crippen LogP contribution in [0.3, 0.4) is 0 Å². The van der Waals surface area contributed by atoms with E-state index in [0.29, 0.717) is 11.3 Å². The second-order valence-corrected chi connectivity index (χ2v) is 5.98. The first-order valence-corrected chi connectivity index (χ1v) is 7.69. The number of halogens is 3. The smallest absolute Gasteiger partial charge is 0.416 e. The minimum atomic E-state index is -4.57. The average Bonchev–Trinajstić information content (AvgIpc) is 2.57. The fourth-order valence-electron chi connectivity index (χ4n) is 2.78. The molecule has 2 N–H and O–H groups in total. The fraction of sp³-hybridized carbons (Fsp3) is 0.211. The fourth-order valence-corrected chi connectivity index (χ4v) is 2.78. The molecule has 0 spiro atoms. The molecule has 0 saturated carbocycles. The summed E-state index contributed by atoms with van der Waals surface area (Å²) >= 11 is 0. The Morgan fingerprint density at radius 1 is 1.12 bits per heavy atom. The van der Waals surface area contributed by atoms with Gasteiger partial charge in [0, 0.05) is 22.7 Å². The van der Waals surface area contributed by atoms with Gasteiger partial charge in [0.25, 0.3) is 0 Å². The molecule has 0 radical (unpaired) electrons. The molecule has 1 atom stereocenters. The molecule has 3 nitrogen and oxygen atoms in total. The van der Waals surface area contributed by atoms with Crippen LogP contribution in [0.1, 0.15) is 29.7 Å². The molecule has 3 rings (SSSR count). The summed E-state index contributed by atoms with van der Waals surface area (Å²) in [6.45, 7) is 3.09. The van der Waals surface area contributed by atoms with E-state index in [2.05, 4.69) is 0 Å². The lowest BCUT2D eigenvalue weighted by Crippen LogP contribution is -2.15. The highest BCUT2D eigenvalue weighted by Crippen LogP contribution is 2.36. The van der Waals surface area contributed by atoms with E-state index in [1.165, 1.54) is 0 Å². The zero-order valence-corrected chi connectivity index (χ0v) is 13.6. The molecule has 0 bridgehead atoms. The van der Waals surface area contributed by atoms with E-state index in [-0.39, 0.29) is 22.1 Å². The molecule has 1 heterocycles. The highest BCUT2D eigenvalue weighted by molar-refractivity contribution is 5.84. The Morgan fingerprint density at radius 3 is 2.32 bits per heavy atom. The monoisotopic (exact) mass is 347 g/mol. The first-order valence-electron chi connectivity index (χ1n) is 7.69. The molecule has 0 amide bonds. The Hall–Kier alpha value is -2.60. The molecule has 0 fully saturated rings. The third-order valence-corrected chi connectivity index (χ3v) is 4.10. The van der Waals surface area contributed by atoms with E-state index < -0.39 is 23.2 Å². The van der Waals surface area contributed by atoms with Gasteiger partial charge in [-0.1, -0.05) is 30.3 Å². The largest absolute Gasteiger partial charge is 0.455 e. The average molecular weight is 347 g/mol. The Kier molecular flexibility index (Phi) is 4.16. The predicted molar refractivity (Wildman–Crippen MR) is 90.3 cm³/mol. The molecule has 2 aromatic carbocycles. The number of benzene rings is 2. The van der Waals surface area contributed by atoms with Gasteiger partial charge in [-0.15, -0.1) is 0 Å². The molecule has 130 valence electrons. The van der Waals surface area contributed by atoms with Gasteiger partial charge in [-0.05, 0) is 26.0 Å². The Balaban J connectivity index is 2.42. The van der Waals surface area contributed by atoms with Crippen molar-refractivity contribution in [3.63, 3.8) is 0 Å². The number of alkyl halides is 3. The number of fused-ring (bicyclic) bond motifs is 1. The van der Waals surface area contributed by atoms with E-state index in [9.17, 15) is 18.0 Å². The van der Waals surface area contributed by atoms with Gasteiger partial charge in [-0.2, -0.15) is 13.2 Å². The second kappa shape index (κ2) is 6.04. The lowest BCUT2D eigenvalue weighted by molar-refractivity contribution is -0.137. The van der Waals surface area contributed by atoms with Gasteiger partial charge >= 0.3 is 6.18 Å². The highest BCUT2D eigenvalue weighted by Gasteiger charge is 2.32. The van der Waals surface area contributed by atoms with E-state index in [1.807, 2.05) is 6.07 Å². The lowest BCUT2D eigenvalue weighted by atomic mass is 9.98. The van der Waals surface area contributed by atoms with Crippen molar-refractivity contribution in [2.24, 2.45) is 5.73 Å². The molecule has 1 unspecified atom stereocenters. The Morgan fingerprint density at radius 2 is 1.76 bits per heavy atom. The van der Waals surface area contributed by atoms with Crippen molar-refractivity contribution in [2.75, 3.05) is 0 Å². The summed E-state index contributed by atoms with van der Waals surface area (Å²) in [5, 5.41) is -0.112. The van der Waals surface area contributed by atoms with Crippen molar-refractivity contribution in [1.29, 1.82) is 0 Å². The van der Waals surface area contributed by atoms with E-state index in [4.69, 9.17) is 10.2 Å². The summed E-state index contributed by atoms with van der Waals surface area (Å²) < 4.78 is 45.4. The van der Waals surface area contributed by atoms with Crippen LogP contribution >= 0.6 is 0 Å². The molecule has 0 aliphatic heterocycles. The van der Waals surface area contributed by atoms with Gasteiger partial charge in [0.15, 0.2) is 5.43 Å². The van der Waals surface area contributed by atoms with Crippen LogP contribution < -0.4 is 11.2 Å². The van der Waals surface area contributed by atoms with Crippen LogP contribution in [0.2, 0.25) is 0 Å². The van der Waals surface area contributed by atoms with E-state index in [1.54, 1.807) is 38.1 Å². The van der Waals surface area contributed by atoms with Crippen LogP contribution in [-0.4, -0.2) is 0 Å². The molecule has 0 aliphatic carbocycles. The lowest BCUT2D eigenvalue weighted by Gasteiger charge is -2.15. The summed E-state index contributed by atoms with van der Waals surface area (Å²) in [5.74, 6) is 0.333. The van der Waals surface area contributed by atoms with Crippen molar-refractivity contribution < 1.29 is 17.6 Å². The molecule has 0 saturated heterocycles. The van der Waals surface area contributed by atoms with Gasteiger partial charge in [-0.3, -0.25) is 4.79 Å². The van der Waals surface area contributed by atoms with Gasteiger partial charge in [-0.25, -0.2) is 0 Å². The SMILES string of the molecule is Cc1c(-c2ccccc2)oc2c(C(C)N)cc(C(F)(F)F)cc2c1=O. The molecular weight excluding hydrogens is 331 g/mol.